The summed E-state index contributed by atoms with van der Waals surface area (Å²) < 4.78 is 5.44. The van der Waals surface area contributed by atoms with Crippen LogP contribution >= 0.6 is 11.6 Å². The Kier molecular flexibility index (Phi) is 3.51. The van der Waals surface area contributed by atoms with Gasteiger partial charge in [0.25, 0.3) is 0 Å². The molecule has 0 bridgehead atoms. The largest absolute Gasteiger partial charge is 0.377 e. The quantitative estimate of drug-likeness (QED) is 0.667. The van der Waals surface area contributed by atoms with Crippen LogP contribution in [0.2, 0.25) is 0 Å². The Hall–Kier alpha value is -1.24. The van der Waals surface area contributed by atoms with E-state index < -0.39 is 5.60 Å². The van der Waals surface area contributed by atoms with Gasteiger partial charge in [-0.25, -0.2) is 0 Å². The Balaban J connectivity index is 1.52. The molecule has 1 aromatic heterocycles. The fourth-order valence-electron chi connectivity index (χ4n) is 7.18. The summed E-state index contributed by atoms with van der Waals surface area (Å²) in [7, 11) is 0. The second kappa shape index (κ2) is 5.40. The van der Waals surface area contributed by atoms with E-state index in [4.69, 9.17) is 16.1 Å². The smallest absolute Gasteiger partial charge is 0.162 e. The molecule has 5 rings (SSSR count). The number of hydrogen-bond donors (Lipinski definition) is 1. The van der Waals surface area contributed by atoms with E-state index in [0.29, 0.717) is 17.8 Å². The number of aliphatic hydroxyl groups is 1. The molecule has 0 radical (unpaired) electrons. The van der Waals surface area contributed by atoms with Gasteiger partial charge in [0.1, 0.15) is 5.60 Å². The summed E-state index contributed by atoms with van der Waals surface area (Å²) in [6.45, 7) is 4.71. The van der Waals surface area contributed by atoms with Crippen LogP contribution in [0.1, 0.15) is 63.7 Å². The van der Waals surface area contributed by atoms with E-state index in [-0.39, 0.29) is 10.8 Å². The van der Waals surface area contributed by atoms with Crippen molar-refractivity contribution < 1.29 is 9.63 Å². The van der Waals surface area contributed by atoms with E-state index in [0.717, 1.165) is 44.3 Å². The molecule has 0 amide bonds. The fourth-order valence-corrected chi connectivity index (χ4v) is 7.34. The summed E-state index contributed by atoms with van der Waals surface area (Å²) in [5, 5.41) is 17.8. The molecule has 3 nitrogen and oxygen atoms in total. The third kappa shape index (κ3) is 1.98. The summed E-state index contributed by atoms with van der Waals surface area (Å²) in [6, 6.07) is 0. The van der Waals surface area contributed by atoms with Crippen molar-refractivity contribution in [3.05, 3.63) is 23.1 Å². The van der Waals surface area contributed by atoms with Gasteiger partial charge in [0.15, 0.2) is 5.76 Å². The minimum atomic E-state index is -0.921. The number of aromatic nitrogens is 1. The minimum Gasteiger partial charge on any atom is -0.377 e. The highest BCUT2D eigenvalue weighted by Gasteiger charge is 2.63. The SMILES string of the molecule is CC12Cc3cnoc3C=C1CCC1C2CCC2(C)C1CCC2(O)C#CCl. The summed E-state index contributed by atoms with van der Waals surface area (Å²) in [5.41, 5.74) is 1.93. The lowest BCUT2D eigenvalue weighted by molar-refractivity contribution is -0.0975. The molecule has 0 aliphatic heterocycles. The van der Waals surface area contributed by atoms with Gasteiger partial charge in [-0.15, -0.1) is 0 Å². The molecular formula is C22H26ClNO2. The van der Waals surface area contributed by atoms with Crippen LogP contribution in [-0.2, 0) is 6.42 Å². The van der Waals surface area contributed by atoms with Gasteiger partial charge in [0.2, 0.25) is 0 Å². The molecule has 1 N–H and O–H groups in total. The van der Waals surface area contributed by atoms with Crippen molar-refractivity contribution >= 4 is 17.7 Å². The van der Waals surface area contributed by atoms with E-state index in [1.807, 2.05) is 6.20 Å². The van der Waals surface area contributed by atoms with Crippen molar-refractivity contribution in [1.82, 2.24) is 5.16 Å². The highest BCUT2D eigenvalue weighted by atomic mass is 35.5. The molecule has 4 aliphatic carbocycles. The van der Waals surface area contributed by atoms with Crippen LogP contribution in [0.15, 0.2) is 16.3 Å². The number of halogens is 1. The first-order valence-electron chi connectivity index (χ1n) is 9.91. The standard InChI is InChI=1S/C22H26ClNO2/c1-20-12-14-13-24-26-19(14)11-15(20)3-4-16-17(20)5-7-21(2)18(16)6-8-22(21,25)9-10-23/h11,13,16-18,25H,3-8,12H2,1-2H3. The minimum absolute atomic E-state index is 0.134. The van der Waals surface area contributed by atoms with E-state index in [1.165, 1.54) is 12.0 Å². The maximum absolute atomic E-state index is 11.2. The second-order valence-corrected chi connectivity index (χ2v) is 9.66. The Bertz CT molecular complexity index is 848. The molecule has 1 heterocycles. The van der Waals surface area contributed by atoms with Crippen LogP contribution in [0.25, 0.3) is 6.08 Å². The number of nitrogens with zero attached hydrogens (tertiary/aromatic N) is 1. The van der Waals surface area contributed by atoms with Crippen LogP contribution in [0.4, 0.5) is 0 Å². The lowest BCUT2D eigenvalue weighted by atomic mass is 9.46. The molecule has 4 heteroatoms. The Morgan fingerprint density at radius 3 is 2.85 bits per heavy atom. The lowest BCUT2D eigenvalue weighted by Crippen LogP contribution is -2.54. The van der Waals surface area contributed by atoms with Crippen LogP contribution in [0.3, 0.4) is 0 Å². The average molecular weight is 372 g/mol. The normalized spacial score (nSPS) is 46.2. The monoisotopic (exact) mass is 371 g/mol. The Morgan fingerprint density at radius 1 is 1.23 bits per heavy atom. The Labute approximate surface area is 160 Å². The number of fused-ring (bicyclic) bond motifs is 6. The van der Waals surface area contributed by atoms with Crippen LogP contribution in [-0.4, -0.2) is 15.9 Å². The second-order valence-electron chi connectivity index (χ2n) is 9.47. The lowest BCUT2D eigenvalue weighted by Gasteiger charge is -2.58. The van der Waals surface area contributed by atoms with Gasteiger partial charge in [-0.2, -0.15) is 0 Å². The topological polar surface area (TPSA) is 46.3 Å². The summed E-state index contributed by atoms with van der Waals surface area (Å²) in [5.74, 6) is 5.78. The number of hydrogen-bond acceptors (Lipinski definition) is 3. The molecule has 4 aliphatic rings. The van der Waals surface area contributed by atoms with Crippen LogP contribution in [0, 0.1) is 39.9 Å². The third-order valence-electron chi connectivity index (χ3n) is 8.68. The molecule has 6 atom stereocenters. The molecular weight excluding hydrogens is 346 g/mol. The van der Waals surface area contributed by atoms with Gasteiger partial charge in [0, 0.05) is 16.4 Å². The van der Waals surface area contributed by atoms with Gasteiger partial charge < -0.3 is 9.63 Å². The van der Waals surface area contributed by atoms with E-state index in [2.05, 4.69) is 36.4 Å². The zero-order valence-electron chi connectivity index (χ0n) is 15.5. The maximum Gasteiger partial charge on any atom is 0.162 e. The zero-order chi connectivity index (χ0) is 18.2. The molecule has 6 unspecified atom stereocenters. The maximum atomic E-state index is 11.2. The number of allylic oxidation sites excluding steroid dienone is 1. The van der Waals surface area contributed by atoms with Crippen molar-refractivity contribution in [1.29, 1.82) is 0 Å². The van der Waals surface area contributed by atoms with Crippen molar-refractivity contribution in [2.45, 2.75) is 64.4 Å². The highest BCUT2D eigenvalue weighted by molar-refractivity contribution is 6.30. The van der Waals surface area contributed by atoms with E-state index in [1.54, 1.807) is 5.57 Å². The summed E-state index contributed by atoms with van der Waals surface area (Å²) >= 11 is 5.71. The van der Waals surface area contributed by atoms with Crippen LogP contribution < -0.4 is 0 Å². The molecule has 26 heavy (non-hydrogen) atoms. The summed E-state index contributed by atoms with van der Waals surface area (Å²) in [4.78, 5) is 0. The zero-order valence-corrected chi connectivity index (χ0v) is 16.3. The Morgan fingerprint density at radius 2 is 2.04 bits per heavy atom. The first kappa shape index (κ1) is 16.9. The molecule has 0 spiro atoms. The van der Waals surface area contributed by atoms with Crippen molar-refractivity contribution in [2.24, 2.45) is 28.6 Å². The van der Waals surface area contributed by atoms with Gasteiger partial charge in [0.05, 0.1) is 6.20 Å². The number of rotatable bonds is 0. The molecule has 0 saturated heterocycles. The average Bonchev–Trinajstić information content (AvgIpc) is 3.15. The molecule has 1 aromatic rings. The van der Waals surface area contributed by atoms with Gasteiger partial charge in [-0.1, -0.05) is 30.5 Å². The first-order valence-corrected chi connectivity index (χ1v) is 10.3. The van der Waals surface area contributed by atoms with Crippen molar-refractivity contribution in [3.8, 4) is 11.3 Å². The predicted octanol–water partition coefficient (Wildman–Crippen LogP) is 4.79. The van der Waals surface area contributed by atoms with E-state index in [9.17, 15) is 5.11 Å². The summed E-state index contributed by atoms with van der Waals surface area (Å²) in [6.07, 6.45) is 11.5. The third-order valence-corrected chi connectivity index (χ3v) is 8.78. The molecule has 3 saturated carbocycles. The fraction of sp³-hybridized carbons (Fsp3) is 0.682. The predicted molar refractivity (Wildman–Crippen MR) is 101 cm³/mol. The van der Waals surface area contributed by atoms with Crippen LogP contribution in [0.5, 0.6) is 0 Å². The highest BCUT2D eigenvalue weighted by Crippen LogP contribution is 2.67. The van der Waals surface area contributed by atoms with E-state index >= 15 is 0 Å². The van der Waals surface area contributed by atoms with Gasteiger partial charge >= 0.3 is 0 Å². The van der Waals surface area contributed by atoms with Crippen molar-refractivity contribution in [3.63, 3.8) is 0 Å². The molecule has 3 fully saturated rings. The van der Waals surface area contributed by atoms with Gasteiger partial charge in [-0.05, 0) is 85.8 Å². The molecule has 138 valence electrons. The molecule has 0 aromatic carbocycles. The van der Waals surface area contributed by atoms with Crippen molar-refractivity contribution in [2.75, 3.05) is 0 Å². The van der Waals surface area contributed by atoms with Gasteiger partial charge in [-0.3, -0.25) is 0 Å². The first-order chi connectivity index (χ1) is 12.4.